The molecule has 2 aliphatic rings. The first-order chi connectivity index (χ1) is 12.1. The van der Waals surface area contributed by atoms with E-state index >= 15 is 0 Å². The molecule has 1 aliphatic carbocycles. The Morgan fingerprint density at radius 1 is 1.28 bits per heavy atom. The van der Waals surface area contributed by atoms with Gasteiger partial charge in [-0.05, 0) is 37.8 Å². The van der Waals surface area contributed by atoms with E-state index in [0.29, 0.717) is 36.8 Å². The van der Waals surface area contributed by atoms with Gasteiger partial charge in [-0.15, -0.1) is 5.10 Å². The van der Waals surface area contributed by atoms with Crippen molar-refractivity contribution in [3.63, 3.8) is 0 Å². The van der Waals surface area contributed by atoms with Gasteiger partial charge in [-0.3, -0.25) is 9.59 Å². The molecular weight excluding hydrogens is 318 g/mol. The second-order valence-corrected chi connectivity index (χ2v) is 6.97. The Bertz CT molecular complexity index is 805. The van der Waals surface area contributed by atoms with Gasteiger partial charge in [-0.1, -0.05) is 22.9 Å². The topological polar surface area (TPSA) is 80.1 Å². The van der Waals surface area contributed by atoms with Crippen LogP contribution in [0.1, 0.15) is 45.3 Å². The zero-order chi connectivity index (χ0) is 17.4. The summed E-state index contributed by atoms with van der Waals surface area (Å²) in [7, 11) is 0. The summed E-state index contributed by atoms with van der Waals surface area (Å²) in [5.74, 6) is 0.486. The van der Waals surface area contributed by atoms with E-state index in [-0.39, 0.29) is 17.9 Å². The molecule has 2 fully saturated rings. The summed E-state index contributed by atoms with van der Waals surface area (Å²) in [6, 6.07) is 7.67. The molecule has 7 heteroatoms. The van der Waals surface area contributed by atoms with Crippen molar-refractivity contribution in [2.24, 2.45) is 5.92 Å². The number of aryl methyl sites for hydroxylation is 1. The van der Waals surface area contributed by atoms with Crippen LogP contribution >= 0.6 is 0 Å². The Balaban J connectivity index is 1.32. The third kappa shape index (κ3) is 3.40. The molecule has 25 heavy (non-hydrogen) atoms. The van der Waals surface area contributed by atoms with Gasteiger partial charge in [0, 0.05) is 25.2 Å². The van der Waals surface area contributed by atoms with Crippen LogP contribution in [0.4, 0.5) is 0 Å². The van der Waals surface area contributed by atoms with E-state index in [1.807, 2.05) is 31.2 Å². The molecule has 7 nitrogen and oxygen atoms in total. The van der Waals surface area contributed by atoms with Crippen molar-refractivity contribution in [2.45, 2.75) is 25.8 Å². The fourth-order valence-electron chi connectivity index (χ4n) is 2.96. The number of hydrogen-bond donors (Lipinski definition) is 1. The molecule has 1 saturated carbocycles. The van der Waals surface area contributed by atoms with E-state index in [9.17, 15) is 9.59 Å². The Kier molecular flexibility index (Phi) is 3.99. The summed E-state index contributed by atoms with van der Waals surface area (Å²) in [5.41, 5.74) is 2.11. The minimum absolute atomic E-state index is 0.0301. The molecule has 0 unspecified atom stereocenters. The Morgan fingerprint density at radius 3 is 2.80 bits per heavy atom. The zero-order valence-electron chi connectivity index (χ0n) is 14.2. The highest BCUT2D eigenvalue weighted by atomic mass is 16.2. The molecule has 1 N–H and O–H groups in total. The summed E-state index contributed by atoms with van der Waals surface area (Å²) >= 11 is 0. The second-order valence-electron chi connectivity index (χ2n) is 6.97. The number of carbonyl (C=O) groups is 2. The number of nitrogens with one attached hydrogen (secondary N) is 1. The van der Waals surface area contributed by atoms with Crippen molar-refractivity contribution in [3.05, 3.63) is 47.3 Å². The molecular formula is C18H21N5O2. The van der Waals surface area contributed by atoms with Crippen LogP contribution in [0.15, 0.2) is 30.5 Å². The fraction of sp³-hybridized carbons (Fsp3) is 0.444. The lowest BCUT2D eigenvalue weighted by atomic mass is 10.1. The van der Waals surface area contributed by atoms with E-state index in [2.05, 4.69) is 15.6 Å². The summed E-state index contributed by atoms with van der Waals surface area (Å²) in [4.78, 5) is 26.2. The van der Waals surface area contributed by atoms with Gasteiger partial charge in [-0.2, -0.15) is 0 Å². The minimum Gasteiger partial charge on any atom is -0.350 e. The van der Waals surface area contributed by atoms with E-state index < -0.39 is 0 Å². The van der Waals surface area contributed by atoms with Crippen molar-refractivity contribution in [2.75, 3.05) is 19.6 Å². The maximum Gasteiger partial charge on any atom is 0.273 e. The van der Waals surface area contributed by atoms with Crippen molar-refractivity contribution in [1.29, 1.82) is 0 Å². The molecule has 130 valence electrons. The van der Waals surface area contributed by atoms with Crippen molar-refractivity contribution >= 4 is 11.8 Å². The SMILES string of the molecule is Cc1cccc(C(=O)N2CC(n3cc(C(=O)NCC4CC4)nn3)C2)c1. The van der Waals surface area contributed by atoms with Gasteiger partial charge < -0.3 is 10.2 Å². The first-order valence-electron chi connectivity index (χ1n) is 8.66. The smallest absolute Gasteiger partial charge is 0.273 e. The summed E-state index contributed by atoms with van der Waals surface area (Å²) in [6.45, 7) is 3.85. The zero-order valence-corrected chi connectivity index (χ0v) is 14.2. The van der Waals surface area contributed by atoms with E-state index in [0.717, 1.165) is 5.56 Å². The molecule has 1 aliphatic heterocycles. The van der Waals surface area contributed by atoms with Crippen molar-refractivity contribution in [1.82, 2.24) is 25.2 Å². The maximum absolute atomic E-state index is 12.4. The molecule has 1 aromatic carbocycles. The molecule has 0 atom stereocenters. The number of nitrogens with zero attached hydrogens (tertiary/aromatic N) is 4. The van der Waals surface area contributed by atoms with Gasteiger partial charge in [-0.25, -0.2) is 4.68 Å². The number of likely N-dealkylation sites (tertiary alicyclic amines) is 1. The van der Waals surface area contributed by atoms with Crippen LogP contribution in [-0.4, -0.2) is 51.3 Å². The molecule has 1 aromatic heterocycles. The molecule has 1 saturated heterocycles. The lowest BCUT2D eigenvalue weighted by Gasteiger charge is -2.38. The quantitative estimate of drug-likeness (QED) is 0.893. The predicted molar refractivity (Wildman–Crippen MR) is 91.2 cm³/mol. The van der Waals surface area contributed by atoms with Crippen LogP contribution < -0.4 is 5.32 Å². The molecule has 0 radical (unpaired) electrons. The van der Waals surface area contributed by atoms with Crippen molar-refractivity contribution in [3.8, 4) is 0 Å². The third-order valence-electron chi connectivity index (χ3n) is 4.78. The largest absolute Gasteiger partial charge is 0.350 e. The number of carbonyl (C=O) groups excluding carboxylic acids is 2. The van der Waals surface area contributed by atoms with E-state index in [1.165, 1.54) is 12.8 Å². The summed E-state index contributed by atoms with van der Waals surface area (Å²) < 4.78 is 1.69. The van der Waals surface area contributed by atoms with Gasteiger partial charge in [0.1, 0.15) is 0 Å². The molecule has 0 bridgehead atoms. The molecule has 4 rings (SSSR count). The van der Waals surface area contributed by atoms with Gasteiger partial charge in [0.2, 0.25) is 0 Å². The Labute approximate surface area is 146 Å². The van der Waals surface area contributed by atoms with Gasteiger partial charge in [0.25, 0.3) is 11.8 Å². The first-order valence-corrected chi connectivity index (χ1v) is 8.66. The minimum atomic E-state index is -0.176. The first kappa shape index (κ1) is 15.8. The third-order valence-corrected chi connectivity index (χ3v) is 4.78. The number of rotatable bonds is 5. The molecule has 2 heterocycles. The Morgan fingerprint density at radius 2 is 2.08 bits per heavy atom. The lowest BCUT2D eigenvalue weighted by molar-refractivity contribution is 0.0498. The highest BCUT2D eigenvalue weighted by Gasteiger charge is 2.33. The lowest BCUT2D eigenvalue weighted by Crippen LogP contribution is -2.50. The maximum atomic E-state index is 12.4. The normalized spacial score (nSPS) is 17.2. The number of hydrogen-bond acceptors (Lipinski definition) is 4. The highest BCUT2D eigenvalue weighted by Crippen LogP contribution is 2.27. The van der Waals surface area contributed by atoms with Crippen LogP contribution in [0.2, 0.25) is 0 Å². The van der Waals surface area contributed by atoms with E-state index in [4.69, 9.17) is 0 Å². The average Bonchev–Trinajstić information content (AvgIpc) is 3.27. The molecule has 2 amide bonds. The van der Waals surface area contributed by atoms with Crippen molar-refractivity contribution < 1.29 is 9.59 Å². The average molecular weight is 339 g/mol. The van der Waals surface area contributed by atoms with Crippen LogP contribution in [0, 0.1) is 12.8 Å². The van der Waals surface area contributed by atoms with Crippen LogP contribution in [0.5, 0.6) is 0 Å². The molecule has 2 aromatic rings. The summed E-state index contributed by atoms with van der Waals surface area (Å²) in [5, 5.41) is 10.9. The monoisotopic (exact) mass is 339 g/mol. The van der Waals surface area contributed by atoms with Crippen LogP contribution in [-0.2, 0) is 0 Å². The highest BCUT2D eigenvalue weighted by molar-refractivity contribution is 5.95. The predicted octanol–water partition coefficient (Wildman–Crippen LogP) is 1.42. The Hall–Kier alpha value is -2.70. The fourth-order valence-corrected chi connectivity index (χ4v) is 2.96. The summed E-state index contributed by atoms with van der Waals surface area (Å²) in [6.07, 6.45) is 4.06. The van der Waals surface area contributed by atoms with Crippen LogP contribution in [0.25, 0.3) is 0 Å². The number of benzene rings is 1. The van der Waals surface area contributed by atoms with Gasteiger partial charge in [0.05, 0.1) is 12.2 Å². The standard InChI is InChI=1S/C18H21N5O2/c1-12-3-2-4-14(7-12)18(25)22-9-15(10-22)23-11-16(20-21-23)17(24)19-8-13-5-6-13/h2-4,7,11,13,15H,5-6,8-10H2,1H3,(H,19,24). The molecule has 0 spiro atoms. The number of amides is 2. The van der Waals surface area contributed by atoms with E-state index in [1.54, 1.807) is 15.8 Å². The van der Waals surface area contributed by atoms with Gasteiger partial charge >= 0.3 is 0 Å². The second kappa shape index (κ2) is 6.31. The van der Waals surface area contributed by atoms with Gasteiger partial charge in [0.15, 0.2) is 5.69 Å². The number of aromatic nitrogens is 3. The van der Waals surface area contributed by atoms with Crippen LogP contribution in [0.3, 0.4) is 0 Å².